The summed E-state index contributed by atoms with van der Waals surface area (Å²) in [5.74, 6) is 0.501. The monoisotopic (exact) mass is 265 g/mol. The number of nitrogens with one attached hydrogen (secondary N) is 1. The molecule has 1 saturated heterocycles. The van der Waals surface area contributed by atoms with Gasteiger partial charge < -0.3 is 10.1 Å². The Labute approximate surface area is 112 Å². The predicted molar refractivity (Wildman–Crippen MR) is 71.5 cm³/mol. The fourth-order valence-corrected chi connectivity index (χ4v) is 3.65. The summed E-state index contributed by atoms with van der Waals surface area (Å²) in [6, 6.07) is 4.20. The molecule has 1 aromatic heterocycles. The minimum atomic E-state index is -0.168. The van der Waals surface area contributed by atoms with E-state index in [4.69, 9.17) is 4.74 Å². The Morgan fingerprint density at radius 3 is 2.72 bits per heavy atom. The quantitative estimate of drug-likeness (QED) is 0.912. The van der Waals surface area contributed by atoms with Gasteiger partial charge in [-0.15, -0.1) is 11.3 Å². The minimum Gasteiger partial charge on any atom is -0.381 e. The Kier molecular flexibility index (Phi) is 3.39. The van der Waals surface area contributed by atoms with Gasteiger partial charge >= 0.3 is 0 Å². The molecule has 1 aromatic rings. The molecule has 1 aliphatic heterocycles. The van der Waals surface area contributed by atoms with Gasteiger partial charge in [0.2, 0.25) is 5.91 Å². The molecule has 3 rings (SSSR count). The molecule has 0 spiro atoms. The van der Waals surface area contributed by atoms with Crippen LogP contribution in [0.4, 0.5) is 0 Å². The lowest BCUT2D eigenvalue weighted by atomic mass is 9.82. The van der Waals surface area contributed by atoms with Gasteiger partial charge in [-0.05, 0) is 37.1 Å². The van der Waals surface area contributed by atoms with E-state index in [1.54, 1.807) is 11.3 Å². The molecule has 2 aliphatic rings. The predicted octanol–water partition coefficient (Wildman–Crippen LogP) is 2.67. The summed E-state index contributed by atoms with van der Waals surface area (Å²) in [7, 11) is 0. The second-order valence-corrected chi connectivity index (χ2v) is 6.24. The van der Waals surface area contributed by atoms with E-state index in [-0.39, 0.29) is 17.4 Å². The average molecular weight is 265 g/mol. The molecule has 0 atom stereocenters. The normalized spacial score (nSPS) is 23.3. The number of ether oxygens (including phenoxy) is 1. The molecule has 1 saturated carbocycles. The average Bonchev–Trinajstić information content (AvgIpc) is 2.81. The highest BCUT2D eigenvalue weighted by atomic mass is 32.1. The molecule has 1 aliphatic carbocycles. The Morgan fingerprint density at radius 2 is 2.17 bits per heavy atom. The highest BCUT2D eigenvalue weighted by Gasteiger charge is 2.39. The first kappa shape index (κ1) is 12.2. The number of amides is 1. The molecule has 0 radical (unpaired) electrons. The molecule has 4 heteroatoms. The maximum Gasteiger partial charge on any atom is 0.223 e. The van der Waals surface area contributed by atoms with Crippen molar-refractivity contribution in [3.05, 3.63) is 22.4 Å². The van der Waals surface area contributed by atoms with Gasteiger partial charge in [0, 0.05) is 24.0 Å². The third-order valence-corrected chi connectivity index (χ3v) is 5.25. The van der Waals surface area contributed by atoms with Crippen molar-refractivity contribution < 1.29 is 9.53 Å². The van der Waals surface area contributed by atoms with Crippen molar-refractivity contribution >= 4 is 17.2 Å². The number of rotatable bonds is 3. The summed E-state index contributed by atoms with van der Waals surface area (Å²) in [4.78, 5) is 13.5. The number of hydrogen-bond acceptors (Lipinski definition) is 3. The lowest BCUT2D eigenvalue weighted by Gasteiger charge is -2.39. The van der Waals surface area contributed by atoms with Crippen molar-refractivity contribution in [1.29, 1.82) is 0 Å². The van der Waals surface area contributed by atoms with Gasteiger partial charge in [-0.1, -0.05) is 12.5 Å². The van der Waals surface area contributed by atoms with Crippen LogP contribution in [0.1, 0.15) is 37.0 Å². The number of thiophene rings is 1. The third kappa shape index (κ3) is 2.19. The van der Waals surface area contributed by atoms with Crippen LogP contribution in [-0.4, -0.2) is 19.1 Å². The molecule has 0 unspecified atom stereocenters. The van der Waals surface area contributed by atoms with Gasteiger partial charge in [0.15, 0.2) is 0 Å². The van der Waals surface area contributed by atoms with E-state index in [1.165, 1.54) is 11.3 Å². The Balaban J connectivity index is 1.78. The van der Waals surface area contributed by atoms with Gasteiger partial charge in [-0.25, -0.2) is 0 Å². The largest absolute Gasteiger partial charge is 0.381 e. The fourth-order valence-electron chi connectivity index (χ4n) is 2.71. The van der Waals surface area contributed by atoms with Crippen LogP contribution in [0, 0.1) is 5.92 Å². The van der Waals surface area contributed by atoms with Gasteiger partial charge in [-0.3, -0.25) is 4.79 Å². The van der Waals surface area contributed by atoms with Crippen LogP contribution in [0.15, 0.2) is 17.5 Å². The maximum absolute atomic E-state index is 12.2. The number of carbonyl (C=O) groups excluding carboxylic acids is 1. The Hall–Kier alpha value is -0.870. The van der Waals surface area contributed by atoms with Crippen LogP contribution >= 0.6 is 11.3 Å². The topological polar surface area (TPSA) is 38.3 Å². The summed E-state index contributed by atoms with van der Waals surface area (Å²) in [5, 5.41) is 5.41. The molecular formula is C14H19NO2S. The third-order valence-electron chi connectivity index (χ3n) is 4.18. The first-order valence-electron chi connectivity index (χ1n) is 6.74. The zero-order chi connectivity index (χ0) is 12.4. The van der Waals surface area contributed by atoms with Crippen molar-refractivity contribution in [3.63, 3.8) is 0 Å². The van der Waals surface area contributed by atoms with Crippen molar-refractivity contribution in [2.75, 3.05) is 13.2 Å². The molecule has 98 valence electrons. The molecule has 1 N–H and O–H groups in total. The van der Waals surface area contributed by atoms with Crippen molar-refractivity contribution in [1.82, 2.24) is 5.32 Å². The molecule has 18 heavy (non-hydrogen) atoms. The highest BCUT2D eigenvalue weighted by Crippen LogP contribution is 2.36. The maximum atomic E-state index is 12.2. The van der Waals surface area contributed by atoms with Gasteiger partial charge in [0.25, 0.3) is 0 Å². The van der Waals surface area contributed by atoms with Crippen molar-refractivity contribution in [2.24, 2.45) is 5.92 Å². The lowest BCUT2D eigenvalue weighted by Crippen LogP contribution is -2.51. The van der Waals surface area contributed by atoms with Gasteiger partial charge in [0.1, 0.15) is 0 Å². The van der Waals surface area contributed by atoms with Crippen molar-refractivity contribution in [3.8, 4) is 0 Å². The van der Waals surface area contributed by atoms with E-state index < -0.39 is 0 Å². The minimum absolute atomic E-state index is 0.168. The highest BCUT2D eigenvalue weighted by molar-refractivity contribution is 7.10. The molecule has 2 fully saturated rings. The lowest BCUT2D eigenvalue weighted by molar-refractivity contribution is -0.130. The van der Waals surface area contributed by atoms with Crippen LogP contribution in [0.5, 0.6) is 0 Å². The summed E-state index contributed by atoms with van der Waals surface area (Å²) in [5.41, 5.74) is -0.168. The Morgan fingerprint density at radius 1 is 1.39 bits per heavy atom. The van der Waals surface area contributed by atoms with Gasteiger partial charge in [-0.2, -0.15) is 0 Å². The first-order chi connectivity index (χ1) is 8.80. The molecular weight excluding hydrogens is 246 g/mol. The summed E-state index contributed by atoms with van der Waals surface area (Å²) < 4.78 is 5.46. The van der Waals surface area contributed by atoms with E-state index >= 15 is 0 Å². The Bertz CT molecular complexity index is 405. The molecule has 2 heterocycles. The standard InChI is InChI=1S/C14H19NO2S/c16-13(11-3-1-4-11)15-14(6-8-17-9-7-14)12-5-2-10-18-12/h2,5,10-11H,1,3-4,6-9H2,(H,15,16). The fraction of sp³-hybridized carbons (Fsp3) is 0.643. The second-order valence-electron chi connectivity index (χ2n) is 5.29. The van der Waals surface area contributed by atoms with Crippen LogP contribution in [0.2, 0.25) is 0 Å². The summed E-state index contributed by atoms with van der Waals surface area (Å²) in [6.07, 6.45) is 5.11. The van der Waals surface area contributed by atoms with Crippen LogP contribution < -0.4 is 5.32 Å². The molecule has 3 nitrogen and oxygen atoms in total. The second kappa shape index (κ2) is 5.02. The molecule has 0 aromatic carbocycles. The number of carbonyl (C=O) groups is 1. The van der Waals surface area contributed by atoms with E-state index in [0.29, 0.717) is 0 Å². The zero-order valence-corrected chi connectivity index (χ0v) is 11.3. The SMILES string of the molecule is O=C(NC1(c2cccs2)CCOCC1)C1CCC1. The zero-order valence-electron chi connectivity index (χ0n) is 10.5. The molecule has 0 bridgehead atoms. The van der Waals surface area contributed by atoms with E-state index in [9.17, 15) is 4.79 Å². The van der Waals surface area contributed by atoms with E-state index in [1.807, 2.05) is 0 Å². The first-order valence-corrected chi connectivity index (χ1v) is 7.62. The van der Waals surface area contributed by atoms with Crippen molar-refractivity contribution in [2.45, 2.75) is 37.6 Å². The smallest absolute Gasteiger partial charge is 0.223 e. The summed E-state index contributed by atoms with van der Waals surface area (Å²) >= 11 is 1.74. The van der Waals surface area contributed by atoms with Crippen LogP contribution in [0.3, 0.4) is 0 Å². The number of hydrogen-bond donors (Lipinski definition) is 1. The van der Waals surface area contributed by atoms with Gasteiger partial charge in [0.05, 0.1) is 5.54 Å². The van der Waals surface area contributed by atoms with Crippen LogP contribution in [0.25, 0.3) is 0 Å². The van der Waals surface area contributed by atoms with Crippen LogP contribution in [-0.2, 0) is 15.1 Å². The summed E-state index contributed by atoms with van der Waals surface area (Å²) in [6.45, 7) is 1.48. The van der Waals surface area contributed by atoms with E-state index in [2.05, 4.69) is 22.8 Å². The molecule has 1 amide bonds. The van der Waals surface area contributed by atoms with E-state index in [0.717, 1.165) is 38.9 Å².